The zero-order valence-electron chi connectivity index (χ0n) is 21.5. The summed E-state index contributed by atoms with van der Waals surface area (Å²) >= 11 is 1.46. The molecule has 0 saturated carbocycles. The number of thiazole rings is 1. The zero-order valence-corrected chi connectivity index (χ0v) is 23.2. The van der Waals surface area contributed by atoms with Gasteiger partial charge in [-0.15, -0.1) is 0 Å². The van der Waals surface area contributed by atoms with Gasteiger partial charge in [0.15, 0.2) is 5.13 Å². The fourth-order valence-corrected chi connectivity index (χ4v) is 6.63. The number of sulfonamides is 1. The maximum atomic E-state index is 13.4. The van der Waals surface area contributed by atoms with Crippen LogP contribution in [0.2, 0.25) is 0 Å². The van der Waals surface area contributed by atoms with Gasteiger partial charge >= 0.3 is 6.09 Å². The first-order valence-electron chi connectivity index (χ1n) is 12.1. The van der Waals surface area contributed by atoms with Crippen molar-refractivity contribution in [1.29, 1.82) is 0 Å². The standard InChI is InChI=1S/C26H33N5O4S2/c1-26(2,3)29-37(33,34)23-16-20(28-25(32)35-18-19-8-6-5-7-9-19)10-11-21(23)22-17-27-24(36-22)31-14-12-30(4)13-15-31/h5-11,16-17,29H,12-15,18H2,1-4H3,(H,28,32). The molecular formula is C26H33N5O4S2. The van der Waals surface area contributed by atoms with Crippen molar-refractivity contribution in [2.75, 3.05) is 43.4 Å². The largest absolute Gasteiger partial charge is 0.444 e. The average molecular weight is 544 g/mol. The molecular weight excluding hydrogens is 510 g/mol. The molecule has 9 nitrogen and oxygen atoms in total. The lowest BCUT2D eigenvalue weighted by Gasteiger charge is -2.32. The smallest absolute Gasteiger partial charge is 0.411 e. The molecule has 0 radical (unpaired) electrons. The van der Waals surface area contributed by atoms with Gasteiger partial charge in [0.25, 0.3) is 0 Å². The van der Waals surface area contributed by atoms with E-state index >= 15 is 0 Å². The molecule has 0 atom stereocenters. The summed E-state index contributed by atoms with van der Waals surface area (Å²) in [5.41, 5.74) is 1.01. The number of hydrogen-bond donors (Lipinski definition) is 2. The average Bonchev–Trinajstić information content (AvgIpc) is 3.32. The lowest BCUT2D eigenvalue weighted by Crippen LogP contribution is -2.44. The minimum atomic E-state index is -3.92. The number of anilines is 2. The van der Waals surface area contributed by atoms with Gasteiger partial charge < -0.3 is 14.5 Å². The normalized spacial score (nSPS) is 15.0. The predicted molar refractivity (Wildman–Crippen MR) is 148 cm³/mol. The van der Waals surface area contributed by atoms with Crippen LogP contribution in [0.5, 0.6) is 0 Å². The van der Waals surface area contributed by atoms with Gasteiger partial charge in [-0.25, -0.2) is 22.9 Å². The van der Waals surface area contributed by atoms with Gasteiger partial charge in [-0.05, 0) is 45.5 Å². The van der Waals surface area contributed by atoms with Crippen molar-refractivity contribution in [3.8, 4) is 10.4 Å². The molecule has 0 spiro atoms. The number of nitrogens with zero attached hydrogens (tertiary/aromatic N) is 3. The van der Waals surface area contributed by atoms with Gasteiger partial charge in [-0.2, -0.15) is 0 Å². The van der Waals surface area contributed by atoms with Crippen molar-refractivity contribution in [2.45, 2.75) is 37.8 Å². The van der Waals surface area contributed by atoms with Gasteiger partial charge in [0.05, 0.1) is 9.77 Å². The van der Waals surface area contributed by atoms with E-state index in [0.29, 0.717) is 11.3 Å². The molecule has 11 heteroatoms. The molecule has 1 saturated heterocycles. The first kappa shape index (κ1) is 27.1. The quantitative estimate of drug-likeness (QED) is 0.456. The molecule has 4 rings (SSSR count). The van der Waals surface area contributed by atoms with E-state index < -0.39 is 21.7 Å². The Kier molecular flexibility index (Phi) is 8.17. The first-order chi connectivity index (χ1) is 17.5. The maximum absolute atomic E-state index is 13.4. The number of benzene rings is 2. The van der Waals surface area contributed by atoms with Crippen molar-refractivity contribution in [2.24, 2.45) is 0 Å². The highest BCUT2D eigenvalue weighted by Gasteiger charge is 2.27. The Labute approximate surface area is 222 Å². The molecule has 2 heterocycles. The van der Waals surface area contributed by atoms with E-state index in [0.717, 1.165) is 41.8 Å². The third-order valence-electron chi connectivity index (χ3n) is 5.70. The summed E-state index contributed by atoms with van der Waals surface area (Å²) in [6.07, 6.45) is 1.05. The molecule has 3 aromatic rings. The van der Waals surface area contributed by atoms with Crippen LogP contribution < -0.4 is 14.9 Å². The zero-order chi connectivity index (χ0) is 26.6. The van der Waals surface area contributed by atoms with Crippen LogP contribution in [-0.2, 0) is 21.4 Å². The number of nitrogens with one attached hydrogen (secondary N) is 2. The molecule has 1 aromatic heterocycles. The molecule has 2 N–H and O–H groups in total. The number of aromatic nitrogens is 1. The number of likely N-dealkylation sites (N-methyl/N-ethyl adjacent to an activating group) is 1. The number of amides is 1. The van der Waals surface area contributed by atoms with E-state index in [1.165, 1.54) is 17.4 Å². The van der Waals surface area contributed by atoms with E-state index in [9.17, 15) is 13.2 Å². The van der Waals surface area contributed by atoms with Gasteiger partial charge in [0.1, 0.15) is 6.61 Å². The summed E-state index contributed by atoms with van der Waals surface area (Å²) in [5, 5.41) is 3.51. The number of hydrogen-bond acceptors (Lipinski definition) is 8. The number of ether oxygens (including phenoxy) is 1. The molecule has 37 heavy (non-hydrogen) atoms. The van der Waals surface area contributed by atoms with E-state index in [1.54, 1.807) is 39.1 Å². The minimum Gasteiger partial charge on any atom is -0.444 e. The summed E-state index contributed by atoms with van der Waals surface area (Å²) < 4.78 is 34.9. The van der Waals surface area contributed by atoms with Crippen LogP contribution in [0.25, 0.3) is 10.4 Å². The summed E-state index contributed by atoms with van der Waals surface area (Å²) in [6, 6.07) is 14.2. The maximum Gasteiger partial charge on any atom is 0.411 e. The van der Waals surface area contributed by atoms with Crippen molar-refractivity contribution >= 4 is 38.3 Å². The van der Waals surface area contributed by atoms with E-state index in [-0.39, 0.29) is 11.5 Å². The number of carbonyl (C=O) groups excluding carboxylic acids is 1. The fraction of sp³-hybridized carbons (Fsp3) is 0.385. The van der Waals surface area contributed by atoms with Gasteiger partial charge in [-0.1, -0.05) is 47.7 Å². The van der Waals surface area contributed by atoms with Crippen LogP contribution in [0, 0.1) is 0 Å². The van der Waals surface area contributed by atoms with Crippen LogP contribution in [0.3, 0.4) is 0 Å². The van der Waals surface area contributed by atoms with E-state index in [4.69, 9.17) is 4.74 Å². The first-order valence-corrected chi connectivity index (χ1v) is 14.4. The predicted octanol–water partition coefficient (Wildman–Crippen LogP) is 4.39. The summed E-state index contributed by atoms with van der Waals surface area (Å²) in [5.74, 6) is 0. The van der Waals surface area contributed by atoms with E-state index in [2.05, 4.69) is 31.9 Å². The lowest BCUT2D eigenvalue weighted by atomic mass is 10.1. The third-order valence-corrected chi connectivity index (χ3v) is 8.59. The highest BCUT2D eigenvalue weighted by atomic mass is 32.2. The van der Waals surface area contributed by atoms with Crippen molar-refractivity contribution in [3.63, 3.8) is 0 Å². The highest BCUT2D eigenvalue weighted by Crippen LogP contribution is 2.37. The lowest BCUT2D eigenvalue weighted by molar-refractivity contribution is 0.155. The monoisotopic (exact) mass is 543 g/mol. The summed E-state index contributed by atoms with van der Waals surface area (Å²) in [6.45, 7) is 9.09. The molecule has 1 fully saturated rings. The molecule has 0 unspecified atom stereocenters. The second-order valence-electron chi connectivity index (χ2n) is 10.1. The topological polar surface area (TPSA) is 104 Å². The van der Waals surface area contributed by atoms with Crippen LogP contribution in [-0.4, -0.2) is 63.2 Å². The summed E-state index contributed by atoms with van der Waals surface area (Å²) in [7, 11) is -1.82. The summed E-state index contributed by atoms with van der Waals surface area (Å²) in [4.78, 5) is 22.3. The molecule has 1 aliphatic rings. The van der Waals surface area contributed by atoms with Gasteiger partial charge in [0.2, 0.25) is 10.0 Å². The Morgan fingerprint density at radius 1 is 1.08 bits per heavy atom. The second kappa shape index (κ2) is 11.2. The second-order valence-corrected chi connectivity index (χ2v) is 12.7. The van der Waals surface area contributed by atoms with Crippen LogP contribution in [0.4, 0.5) is 15.6 Å². The Balaban J connectivity index is 1.60. The Morgan fingerprint density at radius 2 is 1.78 bits per heavy atom. The fourth-order valence-electron chi connectivity index (χ4n) is 3.89. The Morgan fingerprint density at radius 3 is 2.46 bits per heavy atom. The van der Waals surface area contributed by atoms with E-state index in [1.807, 2.05) is 30.3 Å². The van der Waals surface area contributed by atoms with Crippen molar-refractivity contribution in [1.82, 2.24) is 14.6 Å². The molecule has 2 aromatic carbocycles. The molecule has 198 valence electrons. The molecule has 1 aliphatic heterocycles. The van der Waals surface area contributed by atoms with Gasteiger partial charge in [0, 0.05) is 49.2 Å². The highest BCUT2D eigenvalue weighted by molar-refractivity contribution is 7.89. The molecule has 0 bridgehead atoms. The van der Waals surface area contributed by atoms with Crippen LogP contribution >= 0.6 is 11.3 Å². The third kappa shape index (κ3) is 7.29. The Bertz CT molecular complexity index is 1330. The number of rotatable bonds is 7. The van der Waals surface area contributed by atoms with Crippen molar-refractivity contribution < 1.29 is 17.9 Å². The Hall–Kier alpha value is -2.99. The number of carbonyl (C=O) groups is 1. The molecule has 0 aliphatic carbocycles. The molecule has 1 amide bonds. The van der Waals surface area contributed by atoms with Crippen molar-refractivity contribution in [3.05, 3.63) is 60.3 Å². The van der Waals surface area contributed by atoms with Gasteiger partial charge in [-0.3, -0.25) is 5.32 Å². The van der Waals surface area contributed by atoms with Crippen LogP contribution in [0.1, 0.15) is 26.3 Å². The van der Waals surface area contributed by atoms with Crippen LogP contribution in [0.15, 0.2) is 59.6 Å². The minimum absolute atomic E-state index is 0.0665. The number of piperazine rings is 1. The SMILES string of the molecule is CN1CCN(c2ncc(-c3ccc(NC(=O)OCc4ccccc4)cc3S(=O)(=O)NC(C)(C)C)s2)CC1.